The molecular formula is C17H16N8O. The number of aromatic nitrogens is 6. The first kappa shape index (κ1) is 15.0. The molecular weight excluding hydrogens is 332 g/mol. The first-order valence-corrected chi connectivity index (χ1v) is 8.37. The van der Waals surface area contributed by atoms with Gasteiger partial charge in [-0.1, -0.05) is 0 Å². The molecule has 0 atom stereocenters. The molecule has 1 saturated heterocycles. The van der Waals surface area contributed by atoms with Crippen LogP contribution >= 0.6 is 0 Å². The molecule has 1 aromatic carbocycles. The van der Waals surface area contributed by atoms with Crippen molar-refractivity contribution >= 4 is 39.4 Å². The van der Waals surface area contributed by atoms with Gasteiger partial charge in [-0.2, -0.15) is 5.10 Å². The number of anilines is 3. The molecule has 0 spiro atoms. The molecule has 1 aliphatic heterocycles. The van der Waals surface area contributed by atoms with Crippen LogP contribution in [0.2, 0.25) is 0 Å². The van der Waals surface area contributed by atoms with Gasteiger partial charge in [0.2, 0.25) is 5.95 Å². The van der Waals surface area contributed by atoms with E-state index < -0.39 is 0 Å². The SMILES string of the molecule is c1nc(Nc2ccc3cn[nH]c3c2)c2nc(N3CCOCC3)ncc2n1. The highest BCUT2D eigenvalue weighted by Gasteiger charge is 2.16. The van der Waals surface area contributed by atoms with E-state index >= 15 is 0 Å². The van der Waals surface area contributed by atoms with Crippen LogP contribution in [0, 0.1) is 0 Å². The number of hydrogen-bond donors (Lipinski definition) is 2. The molecule has 9 nitrogen and oxygen atoms in total. The maximum absolute atomic E-state index is 5.40. The molecule has 1 fully saturated rings. The van der Waals surface area contributed by atoms with Crippen molar-refractivity contribution in [2.45, 2.75) is 0 Å². The van der Waals surface area contributed by atoms with E-state index in [0.29, 0.717) is 36.0 Å². The fraction of sp³-hybridized carbons (Fsp3) is 0.235. The van der Waals surface area contributed by atoms with Crippen LogP contribution in [0.5, 0.6) is 0 Å². The topological polar surface area (TPSA) is 105 Å². The van der Waals surface area contributed by atoms with Gasteiger partial charge in [-0.05, 0) is 18.2 Å². The van der Waals surface area contributed by atoms with Gasteiger partial charge in [0, 0.05) is 24.2 Å². The smallest absolute Gasteiger partial charge is 0.226 e. The third kappa shape index (κ3) is 2.68. The number of H-pyrrole nitrogens is 1. The maximum Gasteiger partial charge on any atom is 0.226 e. The van der Waals surface area contributed by atoms with Gasteiger partial charge in [0.05, 0.1) is 31.1 Å². The lowest BCUT2D eigenvalue weighted by atomic mass is 10.2. The lowest BCUT2D eigenvalue weighted by Gasteiger charge is -2.26. The Balaban J connectivity index is 1.53. The quantitative estimate of drug-likeness (QED) is 0.578. The summed E-state index contributed by atoms with van der Waals surface area (Å²) in [4.78, 5) is 19.9. The molecule has 2 N–H and O–H groups in total. The Labute approximate surface area is 148 Å². The molecule has 1 aliphatic rings. The highest BCUT2D eigenvalue weighted by atomic mass is 16.5. The van der Waals surface area contributed by atoms with Crippen LogP contribution in [-0.4, -0.2) is 56.4 Å². The number of nitrogens with one attached hydrogen (secondary N) is 2. The van der Waals surface area contributed by atoms with Crippen LogP contribution in [0.25, 0.3) is 21.9 Å². The van der Waals surface area contributed by atoms with Crippen molar-refractivity contribution in [3.05, 3.63) is 36.9 Å². The van der Waals surface area contributed by atoms with E-state index in [1.54, 1.807) is 12.4 Å². The number of fused-ring (bicyclic) bond motifs is 2. The van der Waals surface area contributed by atoms with Crippen LogP contribution in [0.3, 0.4) is 0 Å². The zero-order chi connectivity index (χ0) is 17.3. The fourth-order valence-corrected chi connectivity index (χ4v) is 3.00. The monoisotopic (exact) mass is 348 g/mol. The minimum Gasteiger partial charge on any atom is -0.378 e. The molecule has 9 heteroatoms. The van der Waals surface area contributed by atoms with Crippen LogP contribution in [0.4, 0.5) is 17.5 Å². The number of benzene rings is 1. The summed E-state index contributed by atoms with van der Waals surface area (Å²) in [5.41, 5.74) is 3.24. The van der Waals surface area contributed by atoms with Gasteiger partial charge in [-0.25, -0.2) is 19.9 Å². The Morgan fingerprint density at radius 2 is 2.00 bits per heavy atom. The Morgan fingerprint density at radius 1 is 1.08 bits per heavy atom. The van der Waals surface area contributed by atoms with Crippen molar-refractivity contribution in [2.24, 2.45) is 0 Å². The van der Waals surface area contributed by atoms with Crippen LogP contribution in [0.15, 0.2) is 36.9 Å². The fourth-order valence-electron chi connectivity index (χ4n) is 3.00. The Bertz CT molecular complexity index is 1070. The Kier molecular flexibility index (Phi) is 3.56. The predicted molar refractivity (Wildman–Crippen MR) is 97.5 cm³/mol. The molecule has 26 heavy (non-hydrogen) atoms. The summed E-state index contributed by atoms with van der Waals surface area (Å²) in [6, 6.07) is 5.97. The van der Waals surface area contributed by atoms with Gasteiger partial charge in [0.25, 0.3) is 0 Å². The van der Waals surface area contributed by atoms with Gasteiger partial charge in [0.15, 0.2) is 5.82 Å². The number of nitrogens with zero attached hydrogens (tertiary/aromatic N) is 6. The molecule has 5 rings (SSSR count). The summed E-state index contributed by atoms with van der Waals surface area (Å²) in [6.45, 7) is 2.92. The Morgan fingerprint density at radius 3 is 2.92 bits per heavy atom. The van der Waals surface area contributed by atoms with E-state index in [1.165, 1.54) is 6.33 Å². The second kappa shape index (κ2) is 6.19. The number of ether oxygens (including phenoxy) is 1. The van der Waals surface area contributed by atoms with Crippen molar-refractivity contribution in [1.82, 2.24) is 30.1 Å². The summed E-state index contributed by atoms with van der Waals surface area (Å²) < 4.78 is 5.40. The predicted octanol–water partition coefficient (Wildman–Crippen LogP) is 1.88. The number of rotatable bonds is 3. The molecule has 0 saturated carbocycles. The molecule has 4 aromatic rings. The van der Waals surface area contributed by atoms with Gasteiger partial charge >= 0.3 is 0 Å². The van der Waals surface area contributed by atoms with E-state index in [1.807, 2.05) is 18.2 Å². The van der Waals surface area contributed by atoms with Gasteiger partial charge in [0.1, 0.15) is 17.4 Å². The molecule has 0 radical (unpaired) electrons. The summed E-state index contributed by atoms with van der Waals surface area (Å²) in [5.74, 6) is 1.31. The summed E-state index contributed by atoms with van der Waals surface area (Å²) >= 11 is 0. The number of hydrogen-bond acceptors (Lipinski definition) is 8. The standard InChI is InChI=1S/C17H16N8O/c1-2-12(7-13-11(1)8-21-24-13)22-16-15-14(19-10-20-16)9-18-17(23-15)25-3-5-26-6-4-25/h1-2,7-10H,3-6H2,(H,21,24)(H,19,20,22). The minimum absolute atomic E-state index is 0.644. The van der Waals surface area contributed by atoms with Gasteiger partial charge in [-0.15, -0.1) is 0 Å². The van der Waals surface area contributed by atoms with Crippen molar-refractivity contribution in [2.75, 3.05) is 36.5 Å². The number of morpholine rings is 1. The second-order valence-electron chi connectivity index (χ2n) is 6.02. The van der Waals surface area contributed by atoms with Gasteiger partial charge < -0.3 is 15.0 Å². The zero-order valence-electron chi connectivity index (χ0n) is 13.9. The molecule has 0 aliphatic carbocycles. The van der Waals surface area contributed by atoms with E-state index in [4.69, 9.17) is 9.72 Å². The van der Waals surface area contributed by atoms with E-state index in [-0.39, 0.29) is 0 Å². The Hall–Kier alpha value is -3.33. The van der Waals surface area contributed by atoms with Crippen molar-refractivity contribution in [3.63, 3.8) is 0 Å². The molecule has 4 heterocycles. The average Bonchev–Trinajstić information content (AvgIpc) is 3.16. The first-order valence-electron chi connectivity index (χ1n) is 8.37. The van der Waals surface area contributed by atoms with Crippen LogP contribution in [-0.2, 0) is 4.74 Å². The third-order valence-electron chi connectivity index (χ3n) is 4.36. The zero-order valence-corrected chi connectivity index (χ0v) is 13.9. The highest BCUT2D eigenvalue weighted by Crippen LogP contribution is 2.24. The van der Waals surface area contributed by atoms with Crippen molar-refractivity contribution in [3.8, 4) is 0 Å². The molecule has 3 aromatic heterocycles. The van der Waals surface area contributed by atoms with Crippen molar-refractivity contribution < 1.29 is 4.74 Å². The normalized spacial score (nSPS) is 14.8. The molecule has 0 unspecified atom stereocenters. The van der Waals surface area contributed by atoms with Crippen molar-refractivity contribution in [1.29, 1.82) is 0 Å². The maximum atomic E-state index is 5.40. The van der Waals surface area contributed by atoms with Gasteiger partial charge in [-0.3, -0.25) is 5.10 Å². The average molecular weight is 348 g/mol. The van der Waals surface area contributed by atoms with E-state index in [0.717, 1.165) is 29.7 Å². The summed E-state index contributed by atoms with van der Waals surface area (Å²) in [5, 5.41) is 11.4. The molecule has 0 bridgehead atoms. The largest absolute Gasteiger partial charge is 0.378 e. The van der Waals surface area contributed by atoms with Crippen LogP contribution in [0.1, 0.15) is 0 Å². The molecule has 0 amide bonds. The van der Waals surface area contributed by atoms with E-state index in [9.17, 15) is 0 Å². The number of aromatic amines is 1. The highest BCUT2D eigenvalue weighted by molar-refractivity contribution is 5.89. The lowest BCUT2D eigenvalue weighted by molar-refractivity contribution is 0.122. The van der Waals surface area contributed by atoms with Crippen LogP contribution < -0.4 is 10.2 Å². The minimum atomic E-state index is 0.644. The lowest BCUT2D eigenvalue weighted by Crippen LogP contribution is -2.37. The second-order valence-corrected chi connectivity index (χ2v) is 6.02. The summed E-state index contributed by atoms with van der Waals surface area (Å²) in [7, 11) is 0. The van der Waals surface area contributed by atoms with E-state index in [2.05, 4.69) is 35.4 Å². The third-order valence-corrected chi connectivity index (χ3v) is 4.36. The molecule has 130 valence electrons. The first-order chi connectivity index (χ1) is 12.9. The summed E-state index contributed by atoms with van der Waals surface area (Å²) in [6.07, 6.45) is 5.04.